The first-order chi connectivity index (χ1) is 9.87. The van der Waals surface area contributed by atoms with Gasteiger partial charge in [0.05, 0.1) is 5.02 Å². The molecular formula is C15H20ClN3O2. The number of aromatic nitrogens is 2. The molecule has 1 aromatic heterocycles. The Balaban J connectivity index is 2.12. The quantitative estimate of drug-likeness (QED) is 0.916. The number of halogens is 1. The van der Waals surface area contributed by atoms with Crippen LogP contribution in [-0.4, -0.2) is 15.9 Å². The molecule has 1 N–H and O–H groups in total. The second-order valence-corrected chi connectivity index (χ2v) is 6.32. The van der Waals surface area contributed by atoms with Crippen LogP contribution in [0.3, 0.4) is 0 Å². The largest absolute Gasteiger partial charge is 0.485 e. The molecule has 6 heteroatoms. The zero-order valence-corrected chi connectivity index (χ0v) is 13.5. The summed E-state index contributed by atoms with van der Waals surface area (Å²) in [4.78, 5) is 0. The first kappa shape index (κ1) is 15.8. The molecule has 2 aromatic rings. The van der Waals surface area contributed by atoms with E-state index < -0.39 is 0 Å². The van der Waals surface area contributed by atoms with Gasteiger partial charge < -0.3 is 10.1 Å². The second kappa shape index (κ2) is 6.45. The predicted octanol–water partition coefficient (Wildman–Crippen LogP) is 3.50. The van der Waals surface area contributed by atoms with Crippen molar-refractivity contribution in [2.75, 3.05) is 0 Å². The molecule has 1 heterocycles. The van der Waals surface area contributed by atoms with Gasteiger partial charge in [0.1, 0.15) is 23.7 Å². The standard InChI is InChI=1S/C15H20ClN3O2/c1-10-13(19-21-18-10)9-20-14-11(6-5-7-12(14)16)8-17-15(2,3)4/h5-7,17H,8-9H2,1-4H3. The summed E-state index contributed by atoms with van der Waals surface area (Å²) >= 11 is 6.25. The molecule has 0 radical (unpaired) electrons. The van der Waals surface area contributed by atoms with Crippen LogP contribution in [0.1, 0.15) is 37.7 Å². The number of rotatable bonds is 5. The predicted molar refractivity (Wildman–Crippen MR) is 81.4 cm³/mol. The Hall–Kier alpha value is -1.59. The SMILES string of the molecule is Cc1nonc1COc1c(Cl)cccc1CNC(C)(C)C. The number of nitrogens with one attached hydrogen (secondary N) is 1. The van der Waals surface area contributed by atoms with E-state index in [9.17, 15) is 0 Å². The van der Waals surface area contributed by atoms with Gasteiger partial charge in [-0.25, -0.2) is 4.63 Å². The average Bonchev–Trinajstić information content (AvgIpc) is 2.80. The van der Waals surface area contributed by atoms with Gasteiger partial charge in [-0.3, -0.25) is 0 Å². The third kappa shape index (κ3) is 4.44. The third-order valence-corrected chi connectivity index (χ3v) is 3.25. The molecule has 0 unspecified atom stereocenters. The molecule has 0 aliphatic heterocycles. The van der Waals surface area contributed by atoms with Gasteiger partial charge in [-0.05, 0) is 33.8 Å². The van der Waals surface area contributed by atoms with Gasteiger partial charge in [0.15, 0.2) is 0 Å². The van der Waals surface area contributed by atoms with Gasteiger partial charge in [-0.15, -0.1) is 0 Å². The van der Waals surface area contributed by atoms with E-state index in [1.807, 2.05) is 25.1 Å². The monoisotopic (exact) mass is 309 g/mol. The number of hydrogen-bond acceptors (Lipinski definition) is 5. The van der Waals surface area contributed by atoms with Crippen LogP contribution >= 0.6 is 11.6 Å². The van der Waals surface area contributed by atoms with Crippen LogP contribution < -0.4 is 10.1 Å². The van der Waals surface area contributed by atoms with Gasteiger partial charge >= 0.3 is 0 Å². The molecule has 1 aromatic carbocycles. The Labute approximate surface area is 129 Å². The first-order valence-electron chi connectivity index (χ1n) is 6.80. The second-order valence-electron chi connectivity index (χ2n) is 5.92. The van der Waals surface area contributed by atoms with Gasteiger partial charge in [0.2, 0.25) is 0 Å². The van der Waals surface area contributed by atoms with Crippen LogP contribution in [-0.2, 0) is 13.2 Å². The lowest BCUT2D eigenvalue weighted by Crippen LogP contribution is -2.35. The van der Waals surface area contributed by atoms with Crippen molar-refractivity contribution in [3.8, 4) is 5.75 Å². The Kier molecular flexibility index (Phi) is 4.85. The van der Waals surface area contributed by atoms with E-state index in [2.05, 4.69) is 41.0 Å². The summed E-state index contributed by atoms with van der Waals surface area (Å²) in [6.45, 7) is 9.12. The summed E-state index contributed by atoms with van der Waals surface area (Å²) in [7, 11) is 0. The maximum Gasteiger partial charge on any atom is 0.145 e. The highest BCUT2D eigenvalue weighted by Crippen LogP contribution is 2.29. The smallest absolute Gasteiger partial charge is 0.145 e. The van der Waals surface area contributed by atoms with Crippen LogP contribution in [0.2, 0.25) is 5.02 Å². The number of benzene rings is 1. The Morgan fingerprint density at radius 1 is 1.29 bits per heavy atom. The molecule has 2 rings (SSSR count). The molecule has 0 atom stereocenters. The van der Waals surface area contributed by atoms with E-state index in [1.54, 1.807) is 0 Å². The number of para-hydroxylation sites is 1. The zero-order chi connectivity index (χ0) is 15.5. The number of ether oxygens (including phenoxy) is 1. The van der Waals surface area contributed by atoms with Crippen molar-refractivity contribution in [1.82, 2.24) is 15.6 Å². The highest BCUT2D eigenvalue weighted by molar-refractivity contribution is 6.32. The van der Waals surface area contributed by atoms with Crippen molar-refractivity contribution in [1.29, 1.82) is 0 Å². The summed E-state index contributed by atoms with van der Waals surface area (Å²) in [5.41, 5.74) is 2.42. The number of aryl methyl sites for hydroxylation is 1. The molecule has 0 fully saturated rings. The van der Waals surface area contributed by atoms with Crippen LogP contribution in [0.15, 0.2) is 22.8 Å². The fourth-order valence-electron chi connectivity index (χ4n) is 1.74. The number of nitrogens with zero attached hydrogens (tertiary/aromatic N) is 2. The summed E-state index contributed by atoms with van der Waals surface area (Å²) < 4.78 is 10.5. The van der Waals surface area contributed by atoms with Gasteiger partial charge in [0, 0.05) is 17.6 Å². The fourth-order valence-corrected chi connectivity index (χ4v) is 1.98. The van der Waals surface area contributed by atoms with Crippen LogP contribution in [0.5, 0.6) is 5.75 Å². The molecule has 0 spiro atoms. The Morgan fingerprint density at radius 2 is 2.05 bits per heavy atom. The molecule has 0 bridgehead atoms. The normalized spacial score (nSPS) is 11.7. The lowest BCUT2D eigenvalue weighted by Gasteiger charge is -2.22. The van der Waals surface area contributed by atoms with Crippen molar-refractivity contribution in [3.63, 3.8) is 0 Å². The number of hydrogen-bond donors (Lipinski definition) is 1. The summed E-state index contributed by atoms with van der Waals surface area (Å²) in [5, 5.41) is 11.5. The summed E-state index contributed by atoms with van der Waals surface area (Å²) in [6.07, 6.45) is 0. The molecule has 0 amide bonds. The van der Waals surface area contributed by atoms with E-state index in [1.165, 1.54) is 0 Å². The van der Waals surface area contributed by atoms with Crippen LogP contribution in [0.25, 0.3) is 0 Å². The highest BCUT2D eigenvalue weighted by Gasteiger charge is 2.14. The van der Waals surface area contributed by atoms with Crippen LogP contribution in [0, 0.1) is 6.92 Å². The van der Waals surface area contributed by atoms with Gasteiger partial charge in [0.25, 0.3) is 0 Å². The summed E-state index contributed by atoms with van der Waals surface area (Å²) in [5.74, 6) is 0.665. The van der Waals surface area contributed by atoms with Gasteiger partial charge in [-0.1, -0.05) is 34.0 Å². The molecule has 0 saturated carbocycles. The Bertz CT molecular complexity index is 605. The lowest BCUT2D eigenvalue weighted by atomic mass is 10.1. The van der Waals surface area contributed by atoms with Crippen molar-refractivity contribution < 1.29 is 9.37 Å². The van der Waals surface area contributed by atoms with Crippen LogP contribution in [0.4, 0.5) is 0 Å². The lowest BCUT2D eigenvalue weighted by molar-refractivity contribution is 0.267. The molecular weight excluding hydrogens is 290 g/mol. The first-order valence-corrected chi connectivity index (χ1v) is 7.18. The zero-order valence-electron chi connectivity index (χ0n) is 12.7. The van der Waals surface area contributed by atoms with E-state index in [-0.39, 0.29) is 12.1 Å². The molecule has 0 aliphatic carbocycles. The van der Waals surface area contributed by atoms with E-state index in [0.29, 0.717) is 23.0 Å². The van der Waals surface area contributed by atoms with E-state index in [4.69, 9.17) is 16.3 Å². The maximum atomic E-state index is 6.25. The fraction of sp³-hybridized carbons (Fsp3) is 0.467. The minimum absolute atomic E-state index is 0.0200. The molecule has 21 heavy (non-hydrogen) atoms. The van der Waals surface area contributed by atoms with E-state index in [0.717, 1.165) is 11.3 Å². The van der Waals surface area contributed by atoms with Crippen molar-refractivity contribution in [3.05, 3.63) is 40.2 Å². The maximum absolute atomic E-state index is 6.25. The van der Waals surface area contributed by atoms with Crippen molar-refractivity contribution in [2.24, 2.45) is 0 Å². The van der Waals surface area contributed by atoms with Gasteiger partial charge in [-0.2, -0.15) is 0 Å². The molecule has 114 valence electrons. The minimum Gasteiger partial charge on any atom is -0.485 e. The topological polar surface area (TPSA) is 60.2 Å². The molecule has 5 nitrogen and oxygen atoms in total. The third-order valence-electron chi connectivity index (χ3n) is 2.96. The van der Waals surface area contributed by atoms with Crippen molar-refractivity contribution >= 4 is 11.6 Å². The Morgan fingerprint density at radius 3 is 2.67 bits per heavy atom. The molecule has 0 saturated heterocycles. The summed E-state index contributed by atoms with van der Waals surface area (Å²) in [6, 6.07) is 5.72. The molecule has 0 aliphatic rings. The average molecular weight is 310 g/mol. The van der Waals surface area contributed by atoms with E-state index >= 15 is 0 Å². The minimum atomic E-state index is 0.0200. The van der Waals surface area contributed by atoms with Crippen molar-refractivity contribution in [2.45, 2.75) is 46.4 Å². The highest BCUT2D eigenvalue weighted by atomic mass is 35.5.